The third-order valence-corrected chi connectivity index (χ3v) is 1.30. The molecule has 7 heteroatoms. The van der Waals surface area contributed by atoms with Crippen LogP contribution in [0.25, 0.3) is 0 Å². The van der Waals surface area contributed by atoms with Gasteiger partial charge in [-0.15, -0.1) is 0 Å². The van der Waals surface area contributed by atoms with Crippen molar-refractivity contribution in [3.8, 4) is 0 Å². The number of aromatic nitrogens is 2. The van der Waals surface area contributed by atoms with Crippen LogP contribution in [-0.2, 0) is 0 Å². The van der Waals surface area contributed by atoms with Crippen molar-refractivity contribution in [1.29, 1.82) is 0 Å². The lowest BCUT2D eigenvalue weighted by molar-refractivity contribution is 0.0687. The van der Waals surface area contributed by atoms with Crippen molar-refractivity contribution in [2.75, 3.05) is 5.73 Å². The van der Waals surface area contributed by atoms with Gasteiger partial charge in [0.05, 0.1) is 0 Å². The minimum absolute atomic E-state index is 0.156. The Morgan fingerprint density at radius 1 is 1.58 bits per heavy atom. The molecular formula is C5H4ClN3O3. The Kier molecular flexibility index (Phi) is 2.01. The first-order valence-corrected chi connectivity index (χ1v) is 3.18. The van der Waals surface area contributed by atoms with E-state index in [4.69, 9.17) is 22.4 Å². The monoisotopic (exact) mass is 189 g/mol. The van der Waals surface area contributed by atoms with Gasteiger partial charge in [0.15, 0.2) is 17.3 Å². The number of carboxylic acid groups (broad SMARTS) is 1. The molecule has 1 heterocycles. The number of halogens is 1. The number of H-pyrrole nitrogens is 1. The molecule has 12 heavy (non-hydrogen) atoms. The third-order valence-electron chi connectivity index (χ3n) is 1.12. The van der Waals surface area contributed by atoms with Crippen LogP contribution in [0.4, 0.5) is 5.95 Å². The van der Waals surface area contributed by atoms with Gasteiger partial charge in [-0.05, 0) is 11.6 Å². The molecule has 0 spiro atoms. The van der Waals surface area contributed by atoms with Gasteiger partial charge in [0.25, 0.3) is 5.24 Å². The van der Waals surface area contributed by atoms with E-state index < -0.39 is 16.9 Å². The number of rotatable bonds is 2. The molecule has 0 radical (unpaired) electrons. The van der Waals surface area contributed by atoms with E-state index in [1.807, 2.05) is 0 Å². The van der Waals surface area contributed by atoms with Gasteiger partial charge in [-0.25, -0.2) is 9.78 Å². The van der Waals surface area contributed by atoms with Crippen LogP contribution in [-0.4, -0.2) is 26.3 Å². The van der Waals surface area contributed by atoms with Gasteiger partial charge in [0.2, 0.25) is 0 Å². The molecule has 4 N–H and O–H groups in total. The number of hydrogen-bond donors (Lipinski definition) is 3. The van der Waals surface area contributed by atoms with E-state index in [2.05, 4.69) is 9.97 Å². The number of carbonyl (C=O) groups is 2. The van der Waals surface area contributed by atoms with Crippen molar-refractivity contribution < 1.29 is 14.7 Å². The number of carboxylic acids is 1. The van der Waals surface area contributed by atoms with Gasteiger partial charge in [-0.2, -0.15) is 0 Å². The molecule has 6 nitrogen and oxygen atoms in total. The van der Waals surface area contributed by atoms with Gasteiger partial charge in [0.1, 0.15) is 0 Å². The summed E-state index contributed by atoms with van der Waals surface area (Å²) in [5.74, 6) is -1.49. The molecule has 1 rings (SSSR count). The van der Waals surface area contributed by atoms with E-state index in [-0.39, 0.29) is 11.6 Å². The predicted octanol–water partition coefficient (Wildman–Crippen LogP) is 0.0691. The predicted molar refractivity (Wildman–Crippen MR) is 40.1 cm³/mol. The number of aromatic amines is 1. The fourth-order valence-electron chi connectivity index (χ4n) is 0.689. The maximum atomic E-state index is 10.5. The lowest BCUT2D eigenvalue weighted by Crippen LogP contribution is -2.03. The minimum Gasteiger partial charge on any atom is -0.477 e. The molecule has 0 aromatic carbocycles. The number of nitrogens with two attached hydrogens (primary N) is 1. The SMILES string of the molecule is Nc1nc(C(=O)Cl)c(C(=O)O)[nH]1. The minimum atomic E-state index is -1.33. The number of carbonyl (C=O) groups excluding carboxylic acids is 1. The highest BCUT2D eigenvalue weighted by Crippen LogP contribution is 2.09. The highest BCUT2D eigenvalue weighted by Gasteiger charge is 2.19. The van der Waals surface area contributed by atoms with Crippen molar-refractivity contribution in [3.05, 3.63) is 11.4 Å². The number of nitrogens with one attached hydrogen (secondary N) is 1. The summed E-state index contributed by atoms with van der Waals surface area (Å²) in [5, 5.41) is 7.53. The number of imidazole rings is 1. The second-order valence-electron chi connectivity index (χ2n) is 1.92. The average molecular weight is 190 g/mol. The van der Waals surface area contributed by atoms with E-state index in [9.17, 15) is 9.59 Å². The quantitative estimate of drug-likeness (QED) is 0.571. The van der Waals surface area contributed by atoms with Gasteiger partial charge < -0.3 is 15.8 Å². The van der Waals surface area contributed by atoms with E-state index in [0.717, 1.165) is 0 Å². The molecule has 0 aliphatic heterocycles. The second kappa shape index (κ2) is 2.82. The van der Waals surface area contributed by atoms with Crippen molar-refractivity contribution in [2.24, 2.45) is 0 Å². The molecule has 1 aromatic rings. The normalized spacial score (nSPS) is 9.75. The number of hydrogen-bond acceptors (Lipinski definition) is 4. The highest BCUT2D eigenvalue weighted by molar-refractivity contribution is 6.67. The number of anilines is 1. The summed E-state index contributed by atoms with van der Waals surface area (Å²) in [6.45, 7) is 0. The summed E-state index contributed by atoms with van der Waals surface area (Å²) in [6, 6.07) is 0. The molecule has 0 unspecified atom stereocenters. The molecule has 1 aromatic heterocycles. The van der Waals surface area contributed by atoms with Gasteiger partial charge in [0, 0.05) is 0 Å². The lowest BCUT2D eigenvalue weighted by Gasteiger charge is -1.88. The number of nitrogens with zero attached hydrogens (tertiary/aromatic N) is 1. The number of nitrogen functional groups attached to an aromatic ring is 1. The summed E-state index contributed by atoms with van der Waals surface area (Å²) >= 11 is 5.03. The van der Waals surface area contributed by atoms with Crippen LogP contribution in [0.5, 0.6) is 0 Å². The zero-order valence-electron chi connectivity index (χ0n) is 5.67. The summed E-state index contributed by atoms with van der Waals surface area (Å²) in [5.41, 5.74) is 4.34. The van der Waals surface area contributed by atoms with E-state index in [1.165, 1.54) is 0 Å². The standard InChI is InChI=1S/C5H4ClN3O3/c6-3(10)1-2(4(11)12)9-5(7)8-1/h(H,11,12)(H3,7,8,9). The maximum Gasteiger partial charge on any atom is 0.354 e. The van der Waals surface area contributed by atoms with Crippen LogP contribution in [0.2, 0.25) is 0 Å². The van der Waals surface area contributed by atoms with E-state index >= 15 is 0 Å². The third kappa shape index (κ3) is 1.37. The van der Waals surface area contributed by atoms with Crippen LogP contribution < -0.4 is 5.73 Å². The van der Waals surface area contributed by atoms with Crippen LogP contribution in [0, 0.1) is 0 Å². The van der Waals surface area contributed by atoms with Gasteiger partial charge >= 0.3 is 5.97 Å². The van der Waals surface area contributed by atoms with Gasteiger partial charge in [-0.3, -0.25) is 4.79 Å². The first-order chi connectivity index (χ1) is 5.52. The Bertz CT molecular complexity index is 314. The first-order valence-electron chi connectivity index (χ1n) is 2.81. The lowest BCUT2D eigenvalue weighted by atomic mass is 10.3. The van der Waals surface area contributed by atoms with Crippen molar-refractivity contribution in [2.45, 2.75) is 0 Å². The van der Waals surface area contributed by atoms with Gasteiger partial charge in [-0.1, -0.05) is 0 Å². The Morgan fingerprint density at radius 2 is 2.17 bits per heavy atom. The Morgan fingerprint density at radius 3 is 2.50 bits per heavy atom. The smallest absolute Gasteiger partial charge is 0.354 e. The average Bonchev–Trinajstić information content (AvgIpc) is 2.31. The molecule has 0 saturated carbocycles. The molecule has 0 aliphatic rings. The molecule has 0 aliphatic carbocycles. The van der Waals surface area contributed by atoms with E-state index in [0.29, 0.717) is 0 Å². The Hall–Kier alpha value is -1.56. The van der Waals surface area contributed by atoms with E-state index in [1.54, 1.807) is 0 Å². The molecule has 64 valence electrons. The fourth-order valence-corrected chi connectivity index (χ4v) is 0.825. The summed E-state index contributed by atoms with van der Waals surface area (Å²) in [7, 11) is 0. The van der Waals surface area contributed by atoms with Crippen molar-refractivity contribution in [3.63, 3.8) is 0 Å². The Balaban J connectivity index is 3.26. The zero-order valence-corrected chi connectivity index (χ0v) is 6.42. The van der Waals surface area contributed by atoms with Crippen LogP contribution >= 0.6 is 11.6 Å². The summed E-state index contributed by atoms with van der Waals surface area (Å²) in [6.07, 6.45) is 0. The molecule has 0 fully saturated rings. The maximum absolute atomic E-state index is 10.5. The molecule has 0 bridgehead atoms. The van der Waals surface area contributed by atoms with Crippen molar-refractivity contribution >= 4 is 28.8 Å². The van der Waals surface area contributed by atoms with Crippen LogP contribution in [0.3, 0.4) is 0 Å². The topological polar surface area (TPSA) is 109 Å². The van der Waals surface area contributed by atoms with Crippen LogP contribution in [0.15, 0.2) is 0 Å². The van der Waals surface area contributed by atoms with Crippen LogP contribution in [0.1, 0.15) is 21.0 Å². The fraction of sp³-hybridized carbons (Fsp3) is 0. The first kappa shape index (κ1) is 8.54. The molecule has 0 amide bonds. The Labute approximate surface area is 71.4 Å². The zero-order chi connectivity index (χ0) is 9.30. The second-order valence-corrected chi connectivity index (χ2v) is 2.27. The molecular weight excluding hydrogens is 186 g/mol. The summed E-state index contributed by atoms with van der Waals surface area (Å²) in [4.78, 5) is 26.5. The highest BCUT2D eigenvalue weighted by atomic mass is 35.5. The number of aromatic carboxylic acids is 1. The largest absolute Gasteiger partial charge is 0.477 e. The molecule has 0 atom stereocenters. The van der Waals surface area contributed by atoms with Crippen molar-refractivity contribution in [1.82, 2.24) is 9.97 Å². The summed E-state index contributed by atoms with van der Waals surface area (Å²) < 4.78 is 0. The molecule has 0 saturated heterocycles.